The SMILES string of the molecule is O=S(=O)(c1ccccc1Cl)N1CCCC1c1ccccc1F. The van der Waals surface area contributed by atoms with E-state index in [9.17, 15) is 12.8 Å². The molecule has 1 saturated heterocycles. The Labute approximate surface area is 134 Å². The highest BCUT2D eigenvalue weighted by Gasteiger charge is 2.38. The number of nitrogens with zero attached hydrogens (tertiary/aromatic N) is 1. The minimum Gasteiger partial charge on any atom is -0.207 e. The van der Waals surface area contributed by atoms with Crippen molar-refractivity contribution in [1.29, 1.82) is 0 Å². The fourth-order valence-electron chi connectivity index (χ4n) is 2.86. The van der Waals surface area contributed by atoms with Crippen LogP contribution in [0.15, 0.2) is 53.4 Å². The van der Waals surface area contributed by atoms with Crippen LogP contribution in [0, 0.1) is 5.82 Å². The second-order valence-electron chi connectivity index (χ2n) is 5.23. The molecule has 2 aromatic rings. The van der Waals surface area contributed by atoms with Gasteiger partial charge in [0, 0.05) is 12.1 Å². The van der Waals surface area contributed by atoms with Crippen LogP contribution in [0.1, 0.15) is 24.4 Å². The molecule has 0 spiro atoms. The van der Waals surface area contributed by atoms with Gasteiger partial charge in [-0.15, -0.1) is 0 Å². The quantitative estimate of drug-likeness (QED) is 0.847. The van der Waals surface area contributed by atoms with Gasteiger partial charge in [0.05, 0.1) is 11.1 Å². The van der Waals surface area contributed by atoms with Crippen LogP contribution in [-0.2, 0) is 10.0 Å². The van der Waals surface area contributed by atoms with Gasteiger partial charge in [-0.05, 0) is 31.0 Å². The summed E-state index contributed by atoms with van der Waals surface area (Å²) in [6.07, 6.45) is 1.30. The summed E-state index contributed by atoms with van der Waals surface area (Å²) in [5.41, 5.74) is 0.413. The first-order valence-corrected chi connectivity index (χ1v) is 8.84. The van der Waals surface area contributed by atoms with Gasteiger partial charge in [0.25, 0.3) is 0 Å². The first-order valence-electron chi connectivity index (χ1n) is 7.02. The third-order valence-corrected chi connectivity index (χ3v) is 6.30. The van der Waals surface area contributed by atoms with Crippen molar-refractivity contribution in [2.45, 2.75) is 23.8 Å². The molecule has 22 heavy (non-hydrogen) atoms. The van der Waals surface area contributed by atoms with Crippen molar-refractivity contribution in [3.8, 4) is 0 Å². The van der Waals surface area contributed by atoms with Crippen LogP contribution >= 0.6 is 11.6 Å². The molecule has 3 rings (SSSR count). The Kier molecular flexibility index (Phi) is 4.21. The lowest BCUT2D eigenvalue weighted by atomic mass is 10.1. The highest BCUT2D eigenvalue weighted by Crippen LogP contribution is 2.38. The fourth-order valence-corrected chi connectivity index (χ4v) is 5.03. The molecule has 0 N–H and O–H groups in total. The third kappa shape index (κ3) is 2.64. The maximum atomic E-state index is 14.0. The summed E-state index contributed by atoms with van der Waals surface area (Å²) in [6.45, 7) is 0.368. The molecule has 1 aliphatic rings. The van der Waals surface area contributed by atoms with Crippen LogP contribution in [-0.4, -0.2) is 19.3 Å². The molecule has 0 saturated carbocycles. The fraction of sp³-hybridized carbons (Fsp3) is 0.250. The average Bonchev–Trinajstić information content (AvgIpc) is 2.98. The summed E-state index contributed by atoms with van der Waals surface area (Å²) in [7, 11) is -3.75. The summed E-state index contributed by atoms with van der Waals surface area (Å²) in [5.74, 6) is -0.381. The molecule has 1 unspecified atom stereocenters. The monoisotopic (exact) mass is 339 g/mol. The van der Waals surface area contributed by atoms with Crippen molar-refractivity contribution in [2.75, 3.05) is 6.54 Å². The van der Waals surface area contributed by atoms with E-state index < -0.39 is 16.1 Å². The van der Waals surface area contributed by atoms with Crippen LogP contribution in [0.3, 0.4) is 0 Å². The Bertz CT molecular complexity index is 794. The molecule has 0 amide bonds. The molecule has 0 aliphatic carbocycles. The zero-order valence-electron chi connectivity index (χ0n) is 11.7. The molecule has 1 atom stereocenters. The molecule has 1 fully saturated rings. The highest BCUT2D eigenvalue weighted by molar-refractivity contribution is 7.89. The Morgan fingerprint density at radius 3 is 2.50 bits per heavy atom. The van der Waals surface area contributed by atoms with E-state index in [4.69, 9.17) is 11.6 Å². The van der Waals surface area contributed by atoms with Gasteiger partial charge in [0.1, 0.15) is 10.7 Å². The van der Waals surface area contributed by atoms with Crippen LogP contribution in [0.4, 0.5) is 4.39 Å². The first-order chi connectivity index (χ1) is 10.5. The van der Waals surface area contributed by atoms with E-state index in [0.29, 0.717) is 24.9 Å². The summed E-state index contributed by atoms with van der Waals surface area (Å²) < 4.78 is 41.1. The second kappa shape index (κ2) is 5.99. The predicted molar refractivity (Wildman–Crippen MR) is 83.7 cm³/mol. The van der Waals surface area contributed by atoms with Crippen molar-refractivity contribution in [2.24, 2.45) is 0 Å². The lowest BCUT2D eigenvalue weighted by molar-refractivity contribution is 0.386. The molecule has 6 heteroatoms. The smallest absolute Gasteiger partial charge is 0.207 e. The van der Waals surface area contributed by atoms with Gasteiger partial charge in [-0.1, -0.05) is 41.9 Å². The summed E-state index contributed by atoms with van der Waals surface area (Å²) >= 11 is 6.03. The van der Waals surface area contributed by atoms with Crippen molar-refractivity contribution < 1.29 is 12.8 Å². The van der Waals surface area contributed by atoms with Crippen LogP contribution in [0.2, 0.25) is 5.02 Å². The Balaban J connectivity index is 2.04. The van der Waals surface area contributed by atoms with Gasteiger partial charge >= 0.3 is 0 Å². The van der Waals surface area contributed by atoms with Gasteiger partial charge in [-0.2, -0.15) is 4.31 Å². The van der Waals surface area contributed by atoms with Crippen LogP contribution in [0.25, 0.3) is 0 Å². The second-order valence-corrected chi connectivity index (χ2v) is 7.49. The maximum absolute atomic E-state index is 14.0. The molecule has 2 aromatic carbocycles. The summed E-state index contributed by atoms with van der Waals surface area (Å²) in [5, 5.41) is 0.182. The zero-order valence-corrected chi connectivity index (χ0v) is 13.3. The van der Waals surface area contributed by atoms with Crippen molar-refractivity contribution in [3.63, 3.8) is 0 Å². The first kappa shape index (κ1) is 15.5. The minimum absolute atomic E-state index is 0.0694. The lowest BCUT2D eigenvalue weighted by Gasteiger charge is -2.25. The molecular formula is C16H15ClFNO2S. The average molecular weight is 340 g/mol. The van der Waals surface area contributed by atoms with E-state index in [2.05, 4.69) is 0 Å². The molecule has 0 aromatic heterocycles. The van der Waals surface area contributed by atoms with E-state index in [1.165, 1.54) is 16.4 Å². The van der Waals surface area contributed by atoms with Gasteiger partial charge < -0.3 is 0 Å². The topological polar surface area (TPSA) is 37.4 Å². The van der Waals surface area contributed by atoms with Crippen molar-refractivity contribution in [1.82, 2.24) is 4.31 Å². The number of hydrogen-bond acceptors (Lipinski definition) is 2. The van der Waals surface area contributed by atoms with E-state index in [0.717, 1.165) is 0 Å². The molecule has 0 bridgehead atoms. The Morgan fingerprint density at radius 1 is 1.09 bits per heavy atom. The molecule has 1 aliphatic heterocycles. The molecule has 0 radical (unpaired) electrons. The molecule has 116 valence electrons. The number of sulfonamides is 1. The minimum atomic E-state index is -3.75. The van der Waals surface area contributed by atoms with E-state index >= 15 is 0 Å². The van der Waals surface area contributed by atoms with Gasteiger partial charge in [-0.3, -0.25) is 0 Å². The van der Waals surface area contributed by atoms with Crippen molar-refractivity contribution >= 4 is 21.6 Å². The van der Waals surface area contributed by atoms with Crippen LogP contribution in [0.5, 0.6) is 0 Å². The van der Waals surface area contributed by atoms with Gasteiger partial charge in [0.2, 0.25) is 10.0 Å². The number of rotatable bonds is 3. The third-order valence-electron chi connectivity index (χ3n) is 3.89. The molecule has 3 nitrogen and oxygen atoms in total. The van der Waals surface area contributed by atoms with Crippen LogP contribution < -0.4 is 0 Å². The summed E-state index contributed by atoms with van der Waals surface area (Å²) in [6, 6.07) is 12.2. The van der Waals surface area contributed by atoms with Gasteiger partial charge in [0.15, 0.2) is 0 Å². The molecule has 1 heterocycles. The number of hydrogen-bond donors (Lipinski definition) is 0. The molecular weight excluding hydrogens is 325 g/mol. The van der Waals surface area contributed by atoms with E-state index in [1.807, 2.05) is 0 Å². The summed E-state index contributed by atoms with van der Waals surface area (Å²) in [4.78, 5) is 0.0694. The maximum Gasteiger partial charge on any atom is 0.245 e. The lowest BCUT2D eigenvalue weighted by Crippen LogP contribution is -2.31. The number of benzene rings is 2. The van der Waals surface area contributed by atoms with Gasteiger partial charge in [-0.25, -0.2) is 12.8 Å². The number of halogens is 2. The Morgan fingerprint density at radius 2 is 1.77 bits per heavy atom. The predicted octanol–water partition coefficient (Wildman–Crippen LogP) is 4.00. The van der Waals surface area contributed by atoms with Crippen molar-refractivity contribution in [3.05, 3.63) is 64.9 Å². The Hall–Kier alpha value is -1.43. The van der Waals surface area contributed by atoms with E-state index in [1.54, 1.807) is 36.4 Å². The normalized spacial score (nSPS) is 19.5. The zero-order chi connectivity index (χ0) is 15.7. The largest absolute Gasteiger partial charge is 0.245 e. The van der Waals surface area contributed by atoms with E-state index in [-0.39, 0.29) is 15.7 Å². The standard InChI is InChI=1S/C16H15ClFNO2S/c17-13-7-2-4-10-16(13)22(20,21)19-11-5-9-15(19)12-6-1-3-8-14(12)18/h1-4,6-8,10,15H,5,9,11H2. The highest BCUT2D eigenvalue weighted by atomic mass is 35.5.